The molecule has 0 saturated heterocycles. The molecule has 0 unspecified atom stereocenters. The van der Waals surface area contributed by atoms with Gasteiger partial charge in [-0.1, -0.05) is 46.7 Å². The van der Waals surface area contributed by atoms with Crippen LogP contribution in [0.25, 0.3) is 22.2 Å². The number of hydrogen-bond donors (Lipinski definition) is 2. The third-order valence-electron chi connectivity index (χ3n) is 6.45. The summed E-state index contributed by atoms with van der Waals surface area (Å²) in [6.45, 7) is 16.5. The van der Waals surface area contributed by atoms with E-state index in [9.17, 15) is 5.11 Å². The van der Waals surface area contributed by atoms with Gasteiger partial charge in [-0.05, 0) is 55.2 Å². The zero-order valence-corrected chi connectivity index (χ0v) is 18.9. The number of nitrogens with zero attached hydrogens (tertiary/aromatic N) is 2. The maximum atomic E-state index is 12.3. The van der Waals surface area contributed by atoms with E-state index in [1.807, 2.05) is 13.8 Å². The van der Waals surface area contributed by atoms with E-state index in [-0.39, 0.29) is 0 Å². The van der Waals surface area contributed by atoms with Crippen molar-refractivity contribution in [2.45, 2.75) is 79.8 Å². The number of benzene rings is 1. The van der Waals surface area contributed by atoms with Crippen LogP contribution in [0.15, 0.2) is 16.7 Å². The third-order valence-corrected chi connectivity index (χ3v) is 6.45. The number of H-pyrrole nitrogens is 1. The number of aromatic amines is 1. The monoisotopic (exact) mass is 395 g/mol. The van der Waals surface area contributed by atoms with Crippen molar-refractivity contribution in [1.82, 2.24) is 15.1 Å². The molecule has 2 N–H and O–H groups in total. The molecule has 0 atom stereocenters. The first-order valence-electron chi connectivity index (χ1n) is 10.5. The SMILES string of the molecule is Cc1noc(C)c1-c1cc(C(O)(C(C)(C)C)C(C)(C)C)c2nc(C3CC3)[nH]c2c1. The summed E-state index contributed by atoms with van der Waals surface area (Å²) in [6.07, 6.45) is 2.35. The van der Waals surface area contributed by atoms with Crippen LogP contribution in [0.1, 0.15) is 83.1 Å². The Kier molecular flexibility index (Phi) is 4.29. The Bertz CT molecular complexity index is 1040. The third kappa shape index (κ3) is 3.02. The van der Waals surface area contributed by atoms with E-state index >= 15 is 0 Å². The number of rotatable bonds is 3. The first kappa shape index (κ1) is 20.1. The van der Waals surface area contributed by atoms with Crippen molar-refractivity contribution in [3.63, 3.8) is 0 Å². The smallest absolute Gasteiger partial charge is 0.141 e. The predicted octanol–water partition coefficient (Wildman–Crippen LogP) is 5.99. The molecule has 0 radical (unpaired) electrons. The highest BCUT2D eigenvalue weighted by Crippen LogP contribution is 2.53. The minimum absolute atomic E-state index is 0.395. The van der Waals surface area contributed by atoms with Crippen molar-refractivity contribution in [3.8, 4) is 11.1 Å². The number of imidazole rings is 1. The van der Waals surface area contributed by atoms with Gasteiger partial charge in [0, 0.05) is 17.0 Å². The van der Waals surface area contributed by atoms with Crippen LogP contribution in [0.4, 0.5) is 0 Å². The van der Waals surface area contributed by atoms with Crippen molar-refractivity contribution in [1.29, 1.82) is 0 Å². The van der Waals surface area contributed by atoms with Gasteiger partial charge in [0.15, 0.2) is 0 Å². The highest BCUT2D eigenvalue weighted by Gasteiger charge is 2.52. The van der Waals surface area contributed by atoms with Gasteiger partial charge in [-0.25, -0.2) is 4.98 Å². The maximum Gasteiger partial charge on any atom is 0.141 e. The van der Waals surface area contributed by atoms with Gasteiger partial charge in [-0.2, -0.15) is 0 Å². The van der Waals surface area contributed by atoms with E-state index in [0.29, 0.717) is 5.92 Å². The fourth-order valence-corrected chi connectivity index (χ4v) is 4.93. The van der Waals surface area contributed by atoms with Crippen molar-refractivity contribution >= 4 is 11.0 Å². The molecule has 1 fully saturated rings. The number of fused-ring (bicyclic) bond motifs is 1. The average molecular weight is 396 g/mol. The van der Waals surface area contributed by atoms with E-state index in [1.165, 1.54) is 12.8 Å². The van der Waals surface area contributed by atoms with Crippen molar-refractivity contribution in [3.05, 3.63) is 35.0 Å². The topological polar surface area (TPSA) is 74.9 Å². The molecule has 1 aliphatic rings. The van der Waals surface area contributed by atoms with E-state index in [1.54, 1.807) is 0 Å². The summed E-state index contributed by atoms with van der Waals surface area (Å²) in [4.78, 5) is 8.52. The molecule has 3 aromatic rings. The molecule has 0 spiro atoms. The van der Waals surface area contributed by atoms with Gasteiger partial charge in [0.2, 0.25) is 0 Å². The molecule has 1 aliphatic carbocycles. The van der Waals surface area contributed by atoms with Gasteiger partial charge < -0.3 is 14.6 Å². The van der Waals surface area contributed by atoms with Gasteiger partial charge in [-0.15, -0.1) is 0 Å². The highest BCUT2D eigenvalue weighted by atomic mass is 16.5. The number of aliphatic hydroxyl groups is 1. The zero-order chi connectivity index (χ0) is 21.4. The highest BCUT2D eigenvalue weighted by molar-refractivity contribution is 5.87. The molecule has 5 heteroatoms. The van der Waals surface area contributed by atoms with Crippen molar-refractivity contribution in [2.75, 3.05) is 0 Å². The summed E-state index contributed by atoms with van der Waals surface area (Å²) in [5.74, 6) is 2.32. The molecule has 2 aromatic heterocycles. The van der Waals surface area contributed by atoms with Gasteiger partial charge in [0.05, 0.1) is 16.7 Å². The molecular formula is C24H33N3O2. The molecule has 0 amide bonds. The Balaban J connectivity index is 2.08. The standard InChI is InChI=1S/C24H33N3O2/c1-13-19(14(2)29-27-13)16-11-17(24(28,22(3,4)5)23(6,7)8)20-18(12-16)25-21(26-20)15-9-10-15/h11-12,15,28H,9-10H2,1-8H3,(H,25,26). The first-order chi connectivity index (χ1) is 13.3. The lowest BCUT2D eigenvalue weighted by atomic mass is 9.59. The molecule has 0 bridgehead atoms. The van der Waals surface area contributed by atoms with Crippen LogP contribution >= 0.6 is 0 Å². The largest absolute Gasteiger partial charge is 0.384 e. The second kappa shape index (κ2) is 6.18. The van der Waals surface area contributed by atoms with Crippen LogP contribution in [0, 0.1) is 24.7 Å². The molecule has 4 rings (SSSR count). The molecular weight excluding hydrogens is 362 g/mol. The molecule has 2 heterocycles. The normalized spacial score (nSPS) is 16.0. The lowest BCUT2D eigenvalue weighted by Gasteiger charge is -2.50. The molecule has 0 aliphatic heterocycles. The lowest BCUT2D eigenvalue weighted by molar-refractivity contribution is -0.144. The van der Waals surface area contributed by atoms with E-state index in [4.69, 9.17) is 9.51 Å². The molecule has 1 saturated carbocycles. The summed E-state index contributed by atoms with van der Waals surface area (Å²) in [7, 11) is 0. The average Bonchev–Trinajstić information content (AvgIpc) is 3.27. The second-order valence-corrected chi connectivity index (χ2v) is 10.7. The number of aryl methyl sites for hydroxylation is 2. The fourth-order valence-electron chi connectivity index (χ4n) is 4.93. The van der Waals surface area contributed by atoms with Crippen molar-refractivity contribution < 1.29 is 9.63 Å². The van der Waals surface area contributed by atoms with Gasteiger partial charge in [0.25, 0.3) is 0 Å². The van der Waals surface area contributed by atoms with Crippen LogP contribution in [0.5, 0.6) is 0 Å². The van der Waals surface area contributed by atoms with Crippen molar-refractivity contribution in [2.24, 2.45) is 10.8 Å². The Labute approximate surface area is 172 Å². The van der Waals surface area contributed by atoms with E-state index in [2.05, 4.69) is 63.8 Å². The zero-order valence-electron chi connectivity index (χ0n) is 18.9. The van der Waals surface area contributed by atoms with E-state index in [0.717, 1.165) is 45.0 Å². The summed E-state index contributed by atoms with van der Waals surface area (Å²) in [5.41, 5.74) is 3.66. The van der Waals surface area contributed by atoms with Gasteiger partial charge >= 0.3 is 0 Å². The Hall–Kier alpha value is -2.14. The molecule has 1 aromatic carbocycles. The first-order valence-corrected chi connectivity index (χ1v) is 10.5. The lowest BCUT2D eigenvalue weighted by Crippen LogP contribution is -2.50. The van der Waals surface area contributed by atoms with Crippen LogP contribution in [-0.2, 0) is 5.60 Å². The quantitative estimate of drug-likeness (QED) is 0.571. The van der Waals surface area contributed by atoms with Gasteiger partial charge in [0.1, 0.15) is 17.2 Å². The fraction of sp³-hybridized carbons (Fsp3) is 0.583. The molecule has 5 nitrogen and oxygen atoms in total. The minimum atomic E-state index is -1.09. The van der Waals surface area contributed by atoms with E-state index < -0.39 is 16.4 Å². The maximum absolute atomic E-state index is 12.3. The summed E-state index contributed by atoms with van der Waals surface area (Å²) >= 11 is 0. The summed E-state index contributed by atoms with van der Waals surface area (Å²) < 4.78 is 5.44. The molecule has 156 valence electrons. The summed E-state index contributed by atoms with van der Waals surface area (Å²) in [6, 6.07) is 4.22. The predicted molar refractivity (Wildman–Crippen MR) is 116 cm³/mol. The van der Waals surface area contributed by atoms with Crippen LogP contribution in [0.2, 0.25) is 0 Å². The number of hydrogen-bond acceptors (Lipinski definition) is 4. The summed E-state index contributed by atoms with van der Waals surface area (Å²) in [5, 5.41) is 16.4. The Morgan fingerprint density at radius 2 is 1.66 bits per heavy atom. The molecule has 29 heavy (non-hydrogen) atoms. The van der Waals surface area contributed by atoms with Crippen LogP contribution < -0.4 is 0 Å². The van der Waals surface area contributed by atoms with Crippen LogP contribution in [0.3, 0.4) is 0 Å². The Morgan fingerprint density at radius 3 is 2.14 bits per heavy atom. The van der Waals surface area contributed by atoms with Gasteiger partial charge in [-0.3, -0.25) is 0 Å². The number of aromatic nitrogens is 3. The van der Waals surface area contributed by atoms with Crippen LogP contribution in [-0.4, -0.2) is 20.2 Å². The Morgan fingerprint density at radius 1 is 1.03 bits per heavy atom. The minimum Gasteiger partial charge on any atom is -0.384 e. The second-order valence-electron chi connectivity index (χ2n) is 10.7. The number of nitrogens with one attached hydrogen (secondary N) is 1.